The number of Topliss-reactive ketones (excluding diaryl/α,β-unsaturated/α-hetero) is 1. The summed E-state index contributed by atoms with van der Waals surface area (Å²) in [4.78, 5) is 23.1. The largest absolute Gasteiger partial charge is 0.503 e. The highest BCUT2D eigenvalue weighted by atomic mass is 16.3. The molecule has 25 heavy (non-hydrogen) atoms. The lowest BCUT2D eigenvalue weighted by molar-refractivity contribution is 0.1000. The van der Waals surface area contributed by atoms with E-state index in [1.165, 1.54) is 77.2 Å². The first-order valence-corrected chi connectivity index (χ1v) is 10.0. The number of unbranched alkanes of at least 4 members (excludes halogenated alkanes) is 11. The van der Waals surface area contributed by atoms with E-state index in [9.17, 15) is 14.7 Å². The summed E-state index contributed by atoms with van der Waals surface area (Å²) in [6, 6.07) is 1.32. The molecule has 0 bridgehead atoms. The second kappa shape index (κ2) is 12.7. The molecule has 0 saturated carbocycles. The van der Waals surface area contributed by atoms with Crippen LogP contribution >= 0.6 is 0 Å². The van der Waals surface area contributed by atoms with Crippen LogP contribution in [-0.2, 0) is 6.54 Å². The van der Waals surface area contributed by atoms with Gasteiger partial charge in [-0.25, -0.2) is 0 Å². The molecule has 0 atom stereocenters. The lowest BCUT2D eigenvalue weighted by Crippen LogP contribution is -2.15. The van der Waals surface area contributed by atoms with Gasteiger partial charge in [0.2, 0.25) is 5.43 Å². The van der Waals surface area contributed by atoms with Gasteiger partial charge in [0.05, 0.1) is 0 Å². The highest BCUT2D eigenvalue weighted by molar-refractivity contribution is 5.94. The van der Waals surface area contributed by atoms with Crippen molar-refractivity contribution in [2.24, 2.45) is 0 Å². The number of rotatable bonds is 14. The number of aromatic hydroxyl groups is 1. The fraction of sp³-hybridized carbons (Fsp3) is 0.714. The van der Waals surface area contributed by atoms with Crippen LogP contribution in [0, 0.1) is 0 Å². The molecule has 0 unspecified atom stereocenters. The third-order valence-corrected chi connectivity index (χ3v) is 4.74. The normalized spacial score (nSPS) is 11.0. The molecular formula is C21H35NO3. The molecule has 0 spiro atoms. The molecule has 4 nitrogen and oxygen atoms in total. The van der Waals surface area contributed by atoms with Gasteiger partial charge >= 0.3 is 0 Å². The van der Waals surface area contributed by atoms with Gasteiger partial charge in [0.1, 0.15) is 5.69 Å². The quantitative estimate of drug-likeness (QED) is 0.358. The number of pyridine rings is 1. The first-order chi connectivity index (χ1) is 12.1. The van der Waals surface area contributed by atoms with Gasteiger partial charge in [-0.3, -0.25) is 9.59 Å². The molecule has 0 radical (unpaired) electrons. The fourth-order valence-electron chi connectivity index (χ4n) is 3.24. The summed E-state index contributed by atoms with van der Waals surface area (Å²) in [5.74, 6) is -0.692. The van der Waals surface area contributed by atoms with Gasteiger partial charge in [-0.2, -0.15) is 0 Å². The second-order valence-corrected chi connectivity index (χ2v) is 7.02. The number of aryl methyl sites for hydroxylation is 1. The molecule has 142 valence electrons. The molecule has 1 heterocycles. The van der Waals surface area contributed by atoms with E-state index in [-0.39, 0.29) is 11.5 Å². The summed E-state index contributed by atoms with van der Waals surface area (Å²) in [6.45, 7) is 4.30. The van der Waals surface area contributed by atoms with E-state index in [1.807, 2.05) is 0 Å². The Bertz CT molecular complexity index is 563. The van der Waals surface area contributed by atoms with E-state index >= 15 is 0 Å². The van der Waals surface area contributed by atoms with Crippen LogP contribution in [0.2, 0.25) is 0 Å². The Morgan fingerprint density at radius 3 is 1.88 bits per heavy atom. The lowest BCUT2D eigenvalue weighted by Gasteiger charge is -2.12. The predicted molar refractivity (Wildman–Crippen MR) is 103 cm³/mol. The van der Waals surface area contributed by atoms with Gasteiger partial charge in [-0.05, 0) is 6.42 Å². The Kier molecular flexibility index (Phi) is 10.9. The Hall–Kier alpha value is -1.58. The zero-order valence-electron chi connectivity index (χ0n) is 16.1. The van der Waals surface area contributed by atoms with Crippen molar-refractivity contribution in [1.29, 1.82) is 0 Å². The topological polar surface area (TPSA) is 59.3 Å². The summed E-state index contributed by atoms with van der Waals surface area (Å²) < 4.78 is 1.70. The van der Waals surface area contributed by atoms with Gasteiger partial charge in [-0.1, -0.05) is 77.6 Å². The summed E-state index contributed by atoms with van der Waals surface area (Å²) in [7, 11) is 0. The molecule has 0 aliphatic rings. The van der Waals surface area contributed by atoms with E-state index in [0.717, 1.165) is 12.8 Å². The average Bonchev–Trinajstić information content (AvgIpc) is 2.58. The number of hydrogen-bond donors (Lipinski definition) is 1. The fourth-order valence-corrected chi connectivity index (χ4v) is 3.24. The van der Waals surface area contributed by atoms with Crippen LogP contribution in [-0.4, -0.2) is 15.5 Å². The third-order valence-electron chi connectivity index (χ3n) is 4.74. The molecule has 0 aliphatic carbocycles. The van der Waals surface area contributed by atoms with Crippen molar-refractivity contribution >= 4 is 5.78 Å². The Balaban J connectivity index is 2.14. The molecule has 0 aromatic carbocycles. The SMILES string of the molecule is CCCCCCCCCCCCCCn1ccc(=O)c(O)c1C(C)=O. The maximum absolute atomic E-state index is 11.6. The average molecular weight is 350 g/mol. The third kappa shape index (κ3) is 8.37. The van der Waals surface area contributed by atoms with Crippen LogP contribution in [0.4, 0.5) is 0 Å². The van der Waals surface area contributed by atoms with Crippen molar-refractivity contribution in [3.8, 4) is 5.75 Å². The van der Waals surface area contributed by atoms with E-state index in [0.29, 0.717) is 6.54 Å². The lowest BCUT2D eigenvalue weighted by atomic mass is 10.1. The molecule has 0 fully saturated rings. The molecule has 0 aliphatic heterocycles. The van der Waals surface area contributed by atoms with E-state index in [2.05, 4.69) is 6.92 Å². The Morgan fingerprint density at radius 1 is 0.920 bits per heavy atom. The Labute approximate surface area is 152 Å². The second-order valence-electron chi connectivity index (χ2n) is 7.02. The molecule has 4 heteroatoms. The maximum atomic E-state index is 11.6. The van der Waals surface area contributed by atoms with Crippen LogP contribution < -0.4 is 5.43 Å². The highest BCUT2D eigenvalue weighted by Crippen LogP contribution is 2.15. The molecular weight excluding hydrogens is 314 g/mol. The molecule has 1 aromatic heterocycles. The van der Waals surface area contributed by atoms with Crippen molar-refractivity contribution in [1.82, 2.24) is 4.57 Å². The zero-order chi connectivity index (χ0) is 18.5. The van der Waals surface area contributed by atoms with Gasteiger partial charge in [0.25, 0.3) is 0 Å². The van der Waals surface area contributed by atoms with Crippen molar-refractivity contribution in [3.63, 3.8) is 0 Å². The smallest absolute Gasteiger partial charge is 0.223 e. The summed E-state index contributed by atoms with van der Waals surface area (Å²) >= 11 is 0. The minimum Gasteiger partial charge on any atom is -0.503 e. The van der Waals surface area contributed by atoms with Crippen LogP contribution in [0.3, 0.4) is 0 Å². The Morgan fingerprint density at radius 2 is 1.40 bits per heavy atom. The van der Waals surface area contributed by atoms with Crippen LogP contribution in [0.1, 0.15) is 101 Å². The number of hydrogen-bond acceptors (Lipinski definition) is 3. The van der Waals surface area contributed by atoms with Gasteiger partial charge < -0.3 is 9.67 Å². The standard InChI is InChI=1S/C21H35NO3/c1-3-4-5-6-7-8-9-10-11-12-13-14-16-22-17-15-19(24)21(25)20(22)18(2)23/h15,17,25H,3-14,16H2,1-2H3. The van der Waals surface area contributed by atoms with Gasteiger partial charge in [0, 0.05) is 25.7 Å². The van der Waals surface area contributed by atoms with Gasteiger partial charge in [0.15, 0.2) is 11.5 Å². The molecule has 0 saturated heterocycles. The molecule has 1 N–H and O–H groups in total. The zero-order valence-corrected chi connectivity index (χ0v) is 16.1. The molecule has 1 aromatic rings. The minimum atomic E-state index is -0.490. The summed E-state index contributed by atoms with van der Waals surface area (Å²) in [6.07, 6.45) is 17.0. The first kappa shape index (κ1) is 21.5. The van der Waals surface area contributed by atoms with Crippen molar-refractivity contribution in [3.05, 3.63) is 28.2 Å². The summed E-state index contributed by atoms with van der Waals surface area (Å²) in [5.41, 5.74) is -0.355. The number of carbonyl (C=O) groups is 1. The van der Waals surface area contributed by atoms with E-state index in [1.54, 1.807) is 10.8 Å². The first-order valence-electron chi connectivity index (χ1n) is 10.0. The van der Waals surface area contributed by atoms with Crippen LogP contribution in [0.5, 0.6) is 5.75 Å². The van der Waals surface area contributed by atoms with E-state index in [4.69, 9.17) is 0 Å². The number of nitrogens with zero attached hydrogens (tertiary/aromatic N) is 1. The molecule has 0 amide bonds. The number of carbonyl (C=O) groups excluding carboxylic acids is 1. The van der Waals surface area contributed by atoms with Crippen molar-refractivity contribution in [2.75, 3.05) is 0 Å². The number of aromatic nitrogens is 1. The van der Waals surface area contributed by atoms with Gasteiger partial charge in [-0.15, -0.1) is 0 Å². The maximum Gasteiger partial charge on any atom is 0.223 e. The van der Waals surface area contributed by atoms with Crippen LogP contribution in [0.25, 0.3) is 0 Å². The monoisotopic (exact) mass is 349 g/mol. The number of ketones is 1. The minimum absolute atomic E-state index is 0.135. The van der Waals surface area contributed by atoms with E-state index < -0.39 is 11.2 Å². The van der Waals surface area contributed by atoms with Crippen molar-refractivity contribution in [2.45, 2.75) is 97.4 Å². The van der Waals surface area contributed by atoms with Crippen LogP contribution in [0.15, 0.2) is 17.1 Å². The van der Waals surface area contributed by atoms with Crippen molar-refractivity contribution < 1.29 is 9.90 Å². The molecule has 1 rings (SSSR count). The predicted octanol–water partition coefficient (Wildman–Crippen LogP) is 5.46. The highest BCUT2D eigenvalue weighted by Gasteiger charge is 2.13. The summed E-state index contributed by atoms with van der Waals surface area (Å²) in [5, 5.41) is 9.79.